The highest BCUT2D eigenvalue weighted by molar-refractivity contribution is 4.79. The zero-order valence-corrected chi connectivity index (χ0v) is 15.6. The first-order valence-electron chi connectivity index (χ1n) is 9.21. The van der Waals surface area contributed by atoms with E-state index in [1.54, 1.807) is 21.3 Å². The van der Waals surface area contributed by atoms with Gasteiger partial charge >= 0.3 is 0 Å². The van der Waals surface area contributed by atoms with Gasteiger partial charge in [0, 0.05) is 41.2 Å². The van der Waals surface area contributed by atoms with Crippen LogP contribution in [0.1, 0.15) is 77.6 Å². The van der Waals surface area contributed by atoms with Gasteiger partial charge in [0.25, 0.3) is 0 Å². The second-order valence-electron chi connectivity index (χ2n) is 6.60. The lowest BCUT2D eigenvalue weighted by atomic mass is 9.74. The van der Waals surface area contributed by atoms with Crippen LogP contribution in [-0.2, 0) is 14.2 Å². The molecular weight excluding hydrogens is 276 g/mol. The van der Waals surface area contributed by atoms with Crippen LogP contribution in [0.4, 0.5) is 0 Å². The third-order valence-electron chi connectivity index (χ3n) is 4.82. The first-order valence-corrected chi connectivity index (χ1v) is 9.21. The summed E-state index contributed by atoms with van der Waals surface area (Å²) >= 11 is 0. The van der Waals surface area contributed by atoms with Crippen molar-refractivity contribution in [2.45, 2.75) is 77.6 Å². The van der Waals surface area contributed by atoms with E-state index in [1.807, 2.05) is 0 Å². The van der Waals surface area contributed by atoms with Gasteiger partial charge in [0.2, 0.25) is 0 Å². The minimum atomic E-state index is 0.325. The van der Waals surface area contributed by atoms with E-state index in [0.29, 0.717) is 5.41 Å². The fraction of sp³-hybridized carbons (Fsp3) is 1.00. The zero-order valence-electron chi connectivity index (χ0n) is 15.6. The molecule has 0 aliphatic heterocycles. The van der Waals surface area contributed by atoms with E-state index < -0.39 is 0 Å². The van der Waals surface area contributed by atoms with E-state index in [1.165, 1.54) is 51.4 Å². The Labute approximate surface area is 139 Å². The Morgan fingerprint density at radius 3 is 1.36 bits per heavy atom. The Balaban J connectivity index is 4.21. The normalized spacial score (nSPS) is 12.0. The van der Waals surface area contributed by atoms with Gasteiger partial charge in [0.05, 0.1) is 0 Å². The van der Waals surface area contributed by atoms with Crippen LogP contribution in [0.15, 0.2) is 0 Å². The van der Waals surface area contributed by atoms with Crippen molar-refractivity contribution in [2.75, 3.05) is 41.2 Å². The van der Waals surface area contributed by atoms with Crippen LogP contribution in [0.25, 0.3) is 0 Å². The van der Waals surface area contributed by atoms with Crippen molar-refractivity contribution in [1.82, 2.24) is 0 Å². The molecule has 3 nitrogen and oxygen atoms in total. The quantitative estimate of drug-likeness (QED) is 0.344. The lowest BCUT2D eigenvalue weighted by molar-refractivity contribution is 0.0538. The molecule has 0 N–H and O–H groups in total. The molecule has 22 heavy (non-hydrogen) atoms. The number of hydrogen-bond donors (Lipinski definition) is 0. The minimum absolute atomic E-state index is 0.325. The SMILES string of the molecule is CCCCCCCCCC(CCOC)(CCOC)CCOC. The maximum absolute atomic E-state index is 5.35. The van der Waals surface area contributed by atoms with Crippen molar-refractivity contribution >= 4 is 0 Å². The van der Waals surface area contributed by atoms with Gasteiger partial charge in [0.1, 0.15) is 0 Å². The van der Waals surface area contributed by atoms with Crippen LogP contribution < -0.4 is 0 Å². The highest BCUT2D eigenvalue weighted by Gasteiger charge is 2.28. The monoisotopic (exact) mass is 316 g/mol. The molecule has 0 aromatic carbocycles. The Morgan fingerprint density at radius 2 is 0.955 bits per heavy atom. The second kappa shape index (κ2) is 15.8. The number of methoxy groups -OCH3 is 3. The molecule has 0 aromatic heterocycles. The lowest BCUT2D eigenvalue weighted by Crippen LogP contribution is -2.26. The van der Waals surface area contributed by atoms with Gasteiger partial charge in [0.15, 0.2) is 0 Å². The standard InChI is InChI=1S/C19H40O3/c1-5-6-7-8-9-10-11-12-19(13-16-20-2,14-17-21-3)15-18-22-4/h5-18H2,1-4H3. The van der Waals surface area contributed by atoms with Crippen LogP contribution in [0.5, 0.6) is 0 Å². The average Bonchev–Trinajstić information content (AvgIpc) is 2.55. The Hall–Kier alpha value is -0.120. The van der Waals surface area contributed by atoms with Gasteiger partial charge in [-0.3, -0.25) is 0 Å². The highest BCUT2D eigenvalue weighted by atomic mass is 16.5. The maximum atomic E-state index is 5.35. The molecule has 0 unspecified atom stereocenters. The summed E-state index contributed by atoms with van der Waals surface area (Å²) in [6, 6.07) is 0. The molecular formula is C19H40O3. The van der Waals surface area contributed by atoms with Crippen molar-refractivity contribution in [1.29, 1.82) is 0 Å². The molecule has 0 aromatic rings. The van der Waals surface area contributed by atoms with Crippen LogP contribution >= 0.6 is 0 Å². The van der Waals surface area contributed by atoms with Gasteiger partial charge in [-0.15, -0.1) is 0 Å². The predicted octanol–water partition coefficient (Wildman–Crippen LogP) is 5.22. The van der Waals surface area contributed by atoms with E-state index in [2.05, 4.69) is 6.92 Å². The topological polar surface area (TPSA) is 27.7 Å². The molecule has 0 radical (unpaired) electrons. The molecule has 0 spiro atoms. The molecule has 0 atom stereocenters. The fourth-order valence-electron chi connectivity index (χ4n) is 3.16. The van der Waals surface area contributed by atoms with Crippen LogP contribution in [0.3, 0.4) is 0 Å². The van der Waals surface area contributed by atoms with Crippen molar-refractivity contribution in [3.63, 3.8) is 0 Å². The molecule has 0 aliphatic carbocycles. The number of ether oxygens (including phenoxy) is 3. The van der Waals surface area contributed by atoms with Gasteiger partial charge in [-0.05, 0) is 31.1 Å². The second-order valence-corrected chi connectivity index (χ2v) is 6.60. The van der Waals surface area contributed by atoms with Gasteiger partial charge in [-0.25, -0.2) is 0 Å². The third-order valence-corrected chi connectivity index (χ3v) is 4.82. The summed E-state index contributed by atoms with van der Waals surface area (Å²) in [6.45, 7) is 4.79. The fourth-order valence-corrected chi connectivity index (χ4v) is 3.16. The van der Waals surface area contributed by atoms with Crippen molar-refractivity contribution in [3.05, 3.63) is 0 Å². The highest BCUT2D eigenvalue weighted by Crippen LogP contribution is 2.37. The first kappa shape index (κ1) is 21.9. The predicted molar refractivity (Wildman–Crippen MR) is 94.5 cm³/mol. The molecule has 0 aliphatic rings. The number of unbranched alkanes of at least 4 members (excludes halogenated alkanes) is 6. The van der Waals surface area contributed by atoms with E-state index in [4.69, 9.17) is 14.2 Å². The van der Waals surface area contributed by atoms with E-state index >= 15 is 0 Å². The summed E-state index contributed by atoms with van der Waals surface area (Å²) in [5, 5.41) is 0. The number of rotatable bonds is 17. The third kappa shape index (κ3) is 11.4. The summed E-state index contributed by atoms with van der Waals surface area (Å²) in [4.78, 5) is 0. The summed E-state index contributed by atoms with van der Waals surface area (Å²) in [5.74, 6) is 0. The molecule has 3 heteroatoms. The van der Waals surface area contributed by atoms with E-state index in [-0.39, 0.29) is 0 Å². The van der Waals surface area contributed by atoms with Crippen LogP contribution in [0.2, 0.25) is 0 Å². The molecule has 0 bridgehead atoms. The Morgan fingerprint density at radius 1 is 0.545 bits per heavy atom. The first-order chi connectivity index (χ1) is 10.7. The van der Waals surface area contributed by atoms with Crippen LogP contribution in [-0.4, -0.2) is 41.2 Å². The molecule has 134 valence electrons. The van der Waals surface area contributed by atoms with E-state index in [9.17, 15) is 0 Å². The average molecular weight is 317 g/mol. The Bertz CT molecular complexity index is 197. The minimum Gasteiger partial charge on any atom is -0.385 e. The van der Waals surface area contributed by atoms with Gasteiger partial charge < -0.3 is 14.2 Å². The number of hydrogen-bond acceptors (Lipinski definition) is 3. The molecule has 0 saturated heterocycles. The summed E-state index contributed by atoms with van der Waals surface area (Å²) in [6.07, 6.45) is 14.2. The van der Waals surface area contributed by atoms with Gasteiger partial charge in [-0.1, -0.05) is 51.9 Å². The summed E-state index contributed by atoms with van der Waals surface area (Å²) in [5.41, 5.74) is 0.325. The lowest BCUT2D eigenvalue weighted by Gasteiger charge is -2.34. The van der Waals surface area contributed by atoms with Crippen molar-refractivity contribution in [2.24, 2.45) is 5.41 Å². The smallest absolute Gasteiger partial charge is 0.0467 e. The molecule has 0 heterocycles. The zero-order chi connectivity index (χ0) is 16.5. The van der Waals surface area contributed by atoms with Gasteiger partial charge in [-0.2, -0.15) is 0 Å². The van der Waals surface area contributed by atoms with Crippen molar-refractivity contribution < 1.29 is 14.2 Å². The summed E-state index contributed by atoms with van der Waals surface area (Å²) in [7, 11) is 5.39. The summed E-state index contributed by atoms with van der Waals surface area (Å²) < 4.78 is 16.0. The van der Waals surface area contributed by atoms with Crippen LogP contribution in [0, 0.1) is 5.41 Å². The van der Waals surface area contributed by atoms with Crippen molar-refractivity contribution in [3.8, 4) is 0 Å². The molecule has 0 amide bonds. The maximum Gasteiger partial charge on any atom is 0.0467 e. The largest absolute Gasteiger partial charge is 0.385 e. The molecule has 0 rings (SSSR count). The van der Waals surface area contributed by atoms with E-state index in [0.717, 1.165) is 39.1 Å². The molecule has 0 fully saturated rings. The molecule has 0 saturated carbocycles. The Kier molecular flexibility index (Phi) is 15.7.